The Balaban J connectivity index is 1.63. The molecule has 2 aliphatic rings. The van der Waals surface area contributed by atoms with Crippen molar-refractivity contribution in [1.82, 2.24) is 14.8 Å². The molecule has 2 amide bonds. The van der Waals surface area contributed by atoms with Crippen LogP contribution in [-0.4, -0.2) is 66.9 Å². The Labute approximate surface area is 176 Å². The maximum atomic E-state index is 13.3. The Morgan fingerprint density at radius 3 is 2.57 bits per heavy atom. The number of benzene rings is 1. The lowest BCUT2D eigenvalue weighted by Crippen LogP contribution is -2.47. The first-order chi connectivity index (χ1) is 14.4. The number of halogens is 1. The summed E-state index contributed by atoms with van der Waals surface area (Å²) in [6, 6.07) is 11.4. The average Bonchev–Trinajstić information content (AvgIpc) is 3.02. The van der Waals surface area contributed by atoms with Crippen molar-refractivity contribution in [3.8, 4) is 0 Å². The van der Waals surface area contributed by atoms with E-state index in [2.05, 4.69) is 9.88 Å². The van der Waals surface area contributed by atoms with Crippen molar-refractivity contribution >= 4 is 17.6 Å². The van der Waals surface area contributed by atoms with Gasteiger partial charge in [-0.15, -0.1) is 0 Å². The van der Waals surface area contributed by atoms with Gasteiger partial charge in [0.15, 0.2) is 0 Å². The minimum atomic E-state index is -0.543. The number of aromatic nitrogens is 1. The topological polar surface area (TPSA) is 56.8 Å². The third-order valence-corrected chi connectivity index (χ3v) is 6.37. The summed E-state index contributed by atoms with van der Waals surface area (Å²) in [5, 5.41) is 0. The molecule has 7 heteroatoms. The normalized spacial score (nSPS) is 23.6. The minimum absolute atomic E-state index is 0.00121. The molecule has 6 nitrogen and oxygen atoms in total. The maximum Gasteiger partial charge on any atom is 0.253 e. The van der Waals surface area contributed by atoms with E-state index in [-0.39, 0.29) is 23.5 Å². The van der Waals surface area contributed by atoms with Gasteiger partial charge < -0.3 is 14.7 Å². The number of hydrogen-bond donors (Lipinski definition) is 0. The number of nitrogens with zero attached hydrogens (tertiary/aromatic N) is 4. The molecule has 2 fully saturated rings. The van der Waals surface area contributed by atoms with E-state index in [1.54, 1.807) is 25.2 Å². The highest BCUT2D eigenvalue weighted by Crippen LogP contribution is 2.45. The molecule has 4 rings (SSSR count). The number of carbonyl (C=O) groups is 2. The van der Waals surface area contributed by atoms with Gasteiger partial charge in [0.1, 0.15) is 11.6 Å². The minimum Gasteiger partial charge on any atom is -0.355 e. The van der Waals surface area contributed by atoms with Crippen molar-refractivity contribution in [3.63, 3.8) is 0 Å². The summed E-state index contributed by atoms with van der Waals surface area (Å²) in [5.74, 6) is 0.496. The second kappa shape index (κ2) is 8.05. The molecule has 3 heterocycles. The molecular weight excluding hydrogens is 383 g/mol. The Morgan fingerprint density at radius 2 is 1.90 bits per heavy atom. The van der Waals surface area contributed by atoms with E-state index in [4.69, 9.17) is 0 Å². The number of carbonyl (C=O) groups excluding carboxylic acids is 2. The number of anilines is 1. The predicted molar refractivity (Wildman–Crippen MR) is 113 cm³/mol. The van der Waals surface area contributed by atoms with Gasteiger partial charge in [-0.25, -0.2) is 9.37 Å². The zero-order chi connectivity index (χ0) is 21.3. The highest BCUT2D eigenvalue weighted by molar-refractivity contribution is 5.94. The molecule has 0 N–H and O–H groups in total. The van der Waals surface area contributed by atoms with Crippen LogP contribution in [0.5, 0.6) is 0 Å². The van der Waals surface area contributed by atoms with Crippen molar-refractivity contribution in [1.29, 1.82) is 0 Å². The molecule has 0 saturated carbocycles. The molecule has 0 unspecified atom stereocenters. The first kappa shape index (κ1) is 20.3. The molecular formula is C23H27FN4O2. The fourth-order valence-electron chi connectivity index (χ4n) is 4.90. The van der Waals surface area contributed by atoms with Gasteiger partial charge in [0.05, 0.1) is 5.41 Å². The molecule has 0 radical (unpaired) electrons. The summed E-state index contributed by atoms with van der Waals surface area (Å²) in [4.78, 5) is 36.6. The highest BCUT2D eigenvalue weighted by Gasteiger charge is 2.54. The van der Waals surface area contributed by atoms with Crippen LogP contribution in [-0.2, 0) is 4.79 Å². The summed E-state index contributed by atoms with van der Waals surface area (Å²) in [5.41, 5.74) is -0.0684. The van der Waals surface area contributed by atoms with Crippen LogP contribution in [0.2, 0.25) is 0 Å². The number of rotatable bonds is 3. The third-order valence-electron chi connectivity index (χ3n) is 6.37. The van der Waals surface area contributed by atoms with Crippen molar-refractivity contribution < 1.29 is 14.0 Å². The van der Waals surface area contributed by atoms with E-state index in [9.17, 15) is 14.0 Å². The SMILES string of the molecule is CN(C)C(=O)[C@]12CCCN(C(=O)c3ccc(F)cc3)C[C@H]1CN(c1ccccn1)C2. The van der Waals surface area contributed by atoms with Gasteiger partial charge in [0.25, 0.3) is 5.91 Å². The fourth-order valence-corrected chi connectivity index (χ4v) is 4.90. The van der Waals surface area contributed by atoms with Crippen LogP contribution in [0.15, 0.2) is 48.7 Å². The third kappa shape index (κ3) is 3.64. The first-order valence-corrected chi connectivity index (χ1v) is 10.3. The van der Waals surface area contributed by atoms with Crippen LogP contribution in [0, 0.1) is 17.2 Å². The zero-order valence-electron chi connectivity index (χ0n) is 17.4. The average molecular weight is 410 g/mol. The second-order valence-electron chi connectivity index (χ2n) is 8.48. The van der Waals surface area contributed by atoms with Gasteiger partial charge >= 0.3 is 0 Å². The Bertz CT molecular complexity index is 919. The van der Waals surface area contributed by atoms with Crippen molar-refractivity contribution in [2.24, 2.45) is 11.3 Å². The monoisotopic (exact) mass is 410 g/mol. The van der Waals surface area contributed by atoms with E-state index < -0.39 is 5.41 Å². The van der Waals surface area contributed by atoms with Crippen LogP contribution in [0.3, 0.4) is 0 Å². The van der Waals surface area contributed by atoms with Crippen molar-refractivity contribution in [2.45, 2.75) is 12.8 Å². The van der Waals surface area contributed by atoms with Crippen LogP contribution >= 0.6 is 0 Å². The van der Waals surface area contributed by atoms with E-state index in [0.717, 1.165) is 18.7 Å². The van der Waals surface area contributed by atoms with Gasteiger partial charge in [-0.1, -0.05) is 6.07 Å². The molecule has 0 bridgehead atoms. The van der Waals surface area contributed by atoms with Crippen LogP contribution in [0.1, 0.15) is 23.2 Å². The summed E-state index contributed by atoms with van der Waals surface area (Å²) in [6.07, 6.45) is 3.23. The van der Waals surface area contributed by atoms with Crippen LogP contribution in [0.4, 0.5) is 10.2 Å². The highest BCUT2D eigenvalue weighted by atomic mass is 19.1. The van der Waals surface area contributed by atoms with Gasteiger partial charge in [0.2, 0.25) is 5.91 Å². The van der Waals surface area contributed by atoms with Gasteiger partial charge in [0, 0.05) is 58.0 Å². The molecule has 2 saturated heterocycles. The van der Waals surface area contributed by atoms with E-state index in [0.29, 0.717) is 31.7 Å². The molecule has 30 heavy (non-hydrogen) atoms. The number of hydrogen-bond acceptors (Lipinski definition) is 4. The van der Waals surface area contributed by atoms with E-state index in [1.807, 2.05) is 23.1 Å². The zero-order valence-corrected chi connectivity index (χ0v) is 17.4. The standard InChI is InChI=1S/C23H27FN4O2/c1-26(2)22(30)23-11-5-13-27(21(29)17-7-9-19(24)10-8-17)14-18(23)15-28(16-23)20-6-3-4-12-25-20/h3-4,6-10,12,18H,5,11,13-16H2,1-2H3/t18-,23-/m0/s1. The number of amides is 2. The molecule has 2 aliphatic heterocycles. The second-order valence-corrected chi connectivity index (χ2v) is 8.48. The number of likely N-dealkylation sites (tertiary alicyclic amines) is 1. The lowest BCUT2D eigenvalue weighted by atomic mass is 9.74. The molecule has 1 aromatic heterocycles. The summed E-state index contributed by atoms with van der Waals surface area (Å²) in [6.45, 7) is 2.37. The maximum absolute atomic E-state index is 13.3. The first-order valence-electron chi connectivity index (χ1n) is 10.3. The largest absolute Gasteiger partial charge is 0.355 e. The quantitative estimate of drug-likeness (QED) is 0.781. The molecule has 2 aromatic rings. The van der Waals surface area contributed by atoms with Crippen molar-refractivity contribution in [2.75, 3.05) is 45.2 Å². The van der Waals surface area contributed by atoms with Gasteiger partial charge in [-0.2, -0.15) is 0 Å². The fraction of sp³-hybridized carbons (Fsp3) is 0.435. The van der Waals surface area contributed by atoms with Crippen LogP contribution in [0.25, 0.3) is 0 Å². The van der Waals surface area contributed by atoms with Crippen LogP contribution < -0.4 is 4.90 Å². The van der Waals surface area contributed by atoms with E-state index in [1.165, 1.54) is 24.3 Å². The van der Waals surface area contributed by atoms with Gasteiger partial charge in [-0.05, 0) is 49.2 Å². The Kier molecular flexibility index (Phi) is 5.45. The summed E-state index contributed by atoms with van der Waals surface area (Å²) in [7, 11) is 3.59. The summed E-state index contributed by atoms with van der Waals surface area (Å²) < 4.78 is 13.3. The lowest BCUT2D eigenvalue weighted by Gasteiger charge is -2.34. The molecule has 158 valence electrons. The smallest absolute Gasteiger partial charge is 0.253 e. The Hall–Kier alpha value is -2.96. The van der Waals surface area contributed by atoms with Gasteiger partial charge in [-0.3, -0.25) is 9.59 Å². The molecule has 1 aromatic carbocycles. The number of pyridine rings is 1. The predicted octanol–water partition coefficient (Wildman–Crippen LogP) is 2.67. The number of fused-ring (bicyclic) bond motifs is 1. The Morgan fingerprint density at radius 1 is 1.13 bits per heavy atom. The molecule has 0 spiro atoms. The lowest BCUT2D eigenvalue weighted by molar-refractivity contribution is -0.141. The van der Waals surface area contributed by atoms with E-state index >= 15 is 0 Å². The summed E-state index contributed by atoms with van der Waals surface area (Å²) >= 11 is 0. The van der Waals surface area contributed by atoms with Crippen molar-refractivity contribution in [3.05, 3.63) is 60.0 Å². The molecule has 2 atom stereocenters. The molecule has 0 aliphatic carbocycles.